The number of amidine groups is 1. The first-order chi connectivity index (χ1) is 13.9. The number of likely N-dealkylation sites (N-methyl/N-ethyl adjacent to an activating group) is 1. The summed E-state index contributed by atoms with van der Waals surface area (Å²) in [7, 11) is 3.90. The maximum absolute atomic E-state index is 14.0. The van der Waals surface area contributed by atoms with Crippen LogP contribution in [-0.4, -0.2) is 57.9 Å². The zero-order valence-corrected chi connectivity index (χ0v) is 16.2. The van der Waals surface area contributed by atoms with Gasteiger partial charge in [0.15, 0.2) is 0 Å². The molecule has 4 aromatic rings. The summed E-state index contributed by atoms with van der Waals surface area (Å²) in [5.41, 5.74) is 8.92. The van der Waals surface area contributed by atoms with Crippen molar-refractivity contribution in [2.45, 2.75) is 6.42 Å². The molecule has 0 fully saturated rings. The molecule has 29 heavy (non-hydrogen) atoms. The molecule has 0 aliphatic rings. The van der Waals surface area contributed by atoms with Crippen molar-refractivity contribution >= 4 is 27.9 Å². The van der Waals surface area contributed by atoms with Gasteiger partial charge < -0.3 is 25.3 Å². The third kappa shape index (κ3) is 4.04. The van der Waals surface area contributed by atoms with Gasteiger partial charge in [0, 0.05) is 18.2 Å². The molecule has 0 saturated heterocycles. The van der Waals surface area contributed by atoms with Crippen LogP contribution < -0.4 is 10.5 Å². The molecule has 0 aliphatic carbocycles. The molecule has 9 heteroatoms. The molecule has 0 unspecified atom stereocenters. The molecule has 0 amide bonds. The van der Waals surface area contributed by atoms with Gasteiger partial charge in [-0.05, 0) is 38.4 Å². The van der Waals surface area contributed by atoms with Crippen molar-refractivity contribution in [2.75, 3.05) is 27.2 Å². The van der Waals surface area contributed by atoms with Crippen LogP contribution >= 0.6 is 0 Å². The molecule has 0 atom stereocenters. The fourth-order valence-corrected chi connectivity index (χ4v) is 3.11. The fraction of sp³-hybridized carbons (Fsp3) is 0.250. The molecule has 2 heterocycles. The van der Waals surface area contributed by atoms with E-state index in [4.69, 9.17) is 15.9 Å². The second-order valence-electron chi connectivity index (χ2n) is 7.14. The number of nitrogens with two attached hydrogens (primary N) is 1. The lowest BCUT2D eigenvalue weighted by molar-refractivity contribution is 0.262. The van der Waals surface area contributed by atoms with E-state index in [0.717, 1.165) is 17.6 Å². The second-order valence-corrected chi connectivity index (χ2v) is 7.14. The summed E-state index contributed by atoms with van der Waals surface area (Å²) in [4.78, 5) is 17.5. The molecule has 0 aliphatic heterocycles. The first-order valence-electron chi connectivity index (χ1n) is 9.18. The van der Waals surface area contributed by atoms with E-state index in [1.165, 1.54) is 12.1 Å². The lowest BCUT2D eigenvalue weighted by Gasteiger charge is -2.11. The van der Waals surface area contributed by atoms with E-state index in [1.54, 1.807) is 12.1 Å². The topological polar surface area (TPSA) is 120 Å². The van der Waals surface area contributed by atoms with Gasteiger partial charge in [-0.15, -0.1) is 0 Å². The Morgan fingerprint density at radius 1 is 1.14 bits per heavy atom. The van der Waals surface area contributed by atoms with Gasteiger partial charge in [0.2, 0.25) is 0 Å². The van der Waals surface area contributed by atoms with Crippen molar-refractivity contribution in [3.63, 3.8) is 0 Å². The number of halogens is 1. The minimum absolute atomic E-state index is 0.00385. The largest absolute Gasteiger partial charge is 0.490 e. The Kier molecular flexibility index (Phi) is 4.89. The number of hydrogen-bond donors (Lipinski definition) is 4. The van der Waals surface area contributed by atoms with Crippen LogP contribution in [0.3, 0.4) is 0 Å². The Hall–Kier alpha value is -3.46. The van der Waals surface area contributed by atoms with Crippen molar-refractivity contribution in [3.8, 4) is 5.75 Å². The minimum atomic E-state index is -0.381. The summed E-state index contributed by atoms with van der Waals surface area (Å²) >= 11 is 0. The number of benzene rings is 2. The monoisotopic (exact) mass is 395 g/mol. The van der Waals surface area contributed by atoms with Gasteiger partial charge in [-0.2, -0.15) is 0 Å². The summed E-state index contributed by atoms with van der Waals surface area (Å²) in [6.07, 6.45) is 0.414. The van der Waals surface area contributed by atoms with Crippen molar-refractivity contribution in [2.24, 2.45) is 5.73 Å². The highest BCUT2D eigenvalue weighted by Crippen LogP contribution is 2.26. The zero-order chi connectivity index (χ0) is 20.5. The predicted molar refractivity (Wildman–Crippen MR) is 110 cm³/mol. The van der Waals surface area contributed by atoms with E-state index in [-0.39, 0.29) is 11.7 Å². The summed E-state index contributed by atoms with van der Waals surface area (Å²) in [6, 6.07) is 8.13. The average Bonchev–Trinajstić information content (AvgIpc) is 3.23. The van der Waals surface area contributed by atoms with Gasteiger partial charge >= 0.3 is 0 Å². The Morgan fingerprint density at radius 2 is 1.90 bits per heavy atom. The predicted octanol–water partition coefficient (Wildman–Crippen LogP) is 2.39. The molecule has 0 spiro atoms. The molecule has 4 rings (SSSR count). The fourth-order valence-electron chi connectivity index (χ4n) is 3.11. The molecule has 8 nitrogen and oxygen atoms in total. The van der Waals surface area contributed by atoms with E-state index in [0.29, 0.717) is 47.0 Å². The van der Waals surface area contributed by atoms with Gasteiger partial charge in [-0.3, -0.25) is 5.41 Å². The number of hydrogen-bond acceptors (Lipinski definition) is 5. The van der Waals surface area contributed by atoms with E-state index in [1.807, 2.05) is 25.1 Å². The number of nitrogens with one attached hydrogen (secondary N) is 3. The van der Waals surface area contributed by atoms with Crippen LogP contribution in [0.4, 0.5) is 4.39 Å². The Bertz CT molecular complexity index is 1190. The van der Waals surface area contributed by atoms with E-state index in [9.17, 15) is 4.39 Å². The van der Waals surface area contributed by atoms with Crippen molar-refractivity contribution in [1.82, 2.24) is 24.8 Å². The smallest absolute Gasteiger partial charge is 0.150 e. The van der Waals surface area contributed by atoms with Gasteiger partial charge in [0.05, 0.1) is 23.0 Å². The highest BCUT2D eigenvalue weighted by Gasteiger charge is 2.13. The first kappa shape index (κ1) is 18.9. The van der Waals surface area contributed by atoms with Crippen LogP contribution in [0, 0.1) is 11.2 Å². The third-order valence-electron chi connectivity index (χ3n) is 4.54. The molecular formula is C20H22FN7O. The van der Waals surface area contributed by atoms with Crippen molar-refractivity contribution < 1.29 is 9.13 Å². The zero-order valence-electron chi connectivity index (χ0n) is 16.2. The molecule has 0 saturated carbocycles. The number of imidazole rings is 2. The standard InChI is InChI=1S/C20H22FN7O/c1-28(2)5-6-29-16-9-12(21)8-15-19(16)27-18(26-15)10-17-24-13-4-3-11(20(22)23)7-14(13)25-17/h3-4,7-9H,5-6,10H2,1-2H3,(H3,22,23)(H,24,25)(H,26,27). The minimum Gasteiger partial charge on any atom is -0.490 e. The molecule has 0 radical (unpaired) electrons. The summed E-state index contributed by atoms with van der Waals surface area (Å²) in [6.45, 7) is 1.16. The van der Waals surface area contributed by atoms with Crippen LogP contribution in [0.1, 0.15) is 17.2 Å². The first-order valence-corrected chi connectivity index (χ1v) is 9.18. The molecular weight excluding hydrogens is 373 g/mol. The molecule has 0 bridgehead atoms. The van der Waals surface area contributed by atoms with Gasteiger partial charge in [-0.25, -0.2) is 14.4 Å². The normalized spacial score (nSPS) is 11.6. The number of H-pyrrole nitrogens is 2. The molecule has 2 aromatic heterocycles. The lowest BCUT2D eigenvalue weighted by Crippen LogP contribution is -2.19. The van der Waals surface area contributed by atoms with Crippen LogP contribution in [0.5, 0.6) is 5.75 Å². The SMILES string of the molecule is CN(C)CCOc1cc(F)cc2[nH]c(Cc3nc4ccc(C(=N)N)cc4[nH]3)nc12. The molecule has 150 valence electrons. The maximum Gasteiger partial charge on any atom is 0.150 e. The van der Waals surface area contributed by atoms with Crippen LogP contribution in [0.15, 0.2) is 30.3 Å². The highest BCUT2D eigenvalue weighted by atomic mass is 19.1. The molecule has 5 N–H and O–H groups in total. The van der Waals surface area contributed by atoms with Gasteiger partial charge in [-0.1, -0.05) is 0 Å². The van der Waals surface area contributed by atoms with Gasteiger partial charge in [0.1, 0.15) is 41.2 Å². The Labute approximate surface area is 166 Å². The highest BCUT2D eigenvalue weighted by molar-refractivity contribution is 5.97. The summed E-state index contributed by atoms with van der Waals surface area (Å²) in [5.74, 6) is 1.39. The van der Waals surface area contributed by atoms with Crippen molar-refractivity contribution in [1.29, 1.82) is 5.41 Å². The lowest BCUT2D eigenvalue weighted by atomic mass is 10.2. The second kappa shape index (κ2) is 7.51. The van der Waals surface area contributed by atoms with E-state index < -0.39 is 0 Å². The number of aromatic nitrogens is 4. The quantitative estimate of drug-likeness (QED) is 0.283. The van der Waals surface area contributed by atoms with E-state index >= 15 is 0 Å². The Balaban J connectivity index is 1.61. The Morgan fingerprint density at radius 3 is 2.66 bits per heavy atom. The number of ether oxygens (including phenoxy) is 1. The van der Waals surface area contributed by atoms with Crippen molar-refractivity contribution in [3.05, 3.63) is 53.4 Å². The number of nitrogen functional groups attached to an aromatic ring is 1. The van der Waals surface area contributed by atoms with E-state index in [2.05, 4.69) is 19.9 Å². The summed E-state index contributed by atoms with van der Waals surface area (Å²) in [5, 5.41) is 7.55. The average molecular weight is 395 g/mol. The maximum atomic E-state index is 14.0. The van der Waals surface area contributed by atoms with Crippen LogP contribution in [0.25, 0.3) is 22.1 Å². The number of aromatic amines is 2. The van der Waals surface area contributed by atoms with Crippen LogP contribution in [-0.2, 0) is 6.42 Å². The third-order valence-corrected chi connectivity index (χ3v) is 4.54. The summed E-state index contributed by atoms with van der Waals surface area (Å²) < 4.78 is 19.7. The van der Waals surface area contributed by atoms with Gasteiger partial charge in [0.25, 0.3) is 0 Å². The molecule has 2 aromatic carbocycles. The van der Waals surface area contributed by atoms with Crippen LogP contribution in [0.2, 0.25) is 0 Å². The number of nitrogens with zero attached hydrogens (tertiary/aromatic N) is 3. The number of fused-ring (bicyclic) bond motifs is 2. The number of rotatable bonds is 7.